The maximum absolute atomic E-state index is 10.3. The van der Waals surface area contributed by atoms with E-state index in [9.17, 15) is 9.90 Å². The van der Waals surface area contributed by atoms with E-state index in [0.29, 0.717) is 0 Å². The Kier molecular flexibility index (Phi) is 1.21. The fourth-order valence-electron chi connectivity index (χ4n) is 1.36. The SMILES string of the molecule is O=C([O-])c1cc2n(n1)CCC2. The van der Waals surface area contributed by atoms with Gasteiger partial charge in [0.05, 0.1) is 5.97 Å². The second-order valence-electron chi connectivity index (χ2n) is 2.64. The number of aryl methyl sites for hydroxylation is 2. The van der Waals surface area contributed by atoms with Crippen LogP contribution in [0.1, 0.15) is 22.6 Å². The Balaban J connectivity index is 2.42. The zero-order chi connectivity index (χ0) is 7.84. The molecule has 58 valence electrons. The van der Waals surface area contributed by atoms with Gasteiger partial charge in [-0.25, -0.2) is 0 Å². The molecule has 1 aliphatic rings. The van der Waals surface area contributed by atoms with Crippen molar-refractivity contribution < 1.29 is 9.90 Å². The van der Waals surface area contributed by atoms with Crippen molar-refractivity contribution in [2.75, 3.05) is 0 Å². The highest BCUT2D eigenvalue weighted by molar-refractivity contribution is 5.83. The summed E-state index contributed by atoms with van der Waals surface area (Å²) in [5.41, 5.74) is 1.06. The van der Waals surface area contributed by atoms with E-state index >= 15 is 0 Å². The van der Waals surface area contributed by atoms with E-state index in [0.717, 1.165) is 25.1 Å². The van der Waals surface area contributed by atoms with Crippen molar-refractivity contribution >= 4 is 5.97 Å². The molecule has 0 aromatic carbocycles. The number of carboxylic acids is 1. The van der Waals surface area contributed by atoms with E-state index < -0.39 is 5.97 Å². The van der Waals surface area contributed by atoms with Crippen LogP contribution in [0.4, 0.5) is 0 Å². The van der Waals surface area contributed by atoms with E-state index in [1.165, 1.54) is 0 Å². The summed E-state index contributed by atoms with van der Waals surface area (Å²) in [7, 11) is 0. The van der Waals surface area contributed by atoms with E-state index in [1.54, 1.807) is 10.7 Å². The molecule has 2 heterocycles. The lowest BCUT2D eigenvalue weighted by Crippen LogP contribution is -2.23. The first kappa shape index (κ1) is 6.39. The minimum absolute atomic E-state index is 0.0553. The molecular weight excluding hydrogens is 144 g/mol. The monoisotopic (exact) mass is 151 g/mol. The molecule has 0 radical (unpaired) electrons. The van der Waals surface area contributed by atoms with E-state index in [1.807, 2.05) is 0 Å². The number of hydrogen-bond acceptors (Lipinski definition) is 3. The topological polar surface area (TPSA) is 57.9 Å². The van der Waals surface area contributed by atoms with Gasteiger partial charge in [0.1, 0.15) is 5.69 Å². The number of fused-ring (bicyclic) bond motifs is 1. The highest BCUT2D eigenvalue weighted by Gasteiger charge is 2.13. The number of carbonyl (C=O) groups excluding carboxylic acids is 1. The van der Waals surface area contributed by atoms with Gasteiger partial charge in [-0.15, -0.1) is 0 Å². The molecule has 0 saturated heterocycles. The van der Waals surface area contributed by atoms with Crippen LogP contribution in [-0.4, -0.2) is 15.7 Å². The van der Waals surface area contributed by atoms with Crippen molar-refractivity contribution in [3.05, 3.63) is 17.5 Å². The molecular formula is C7H7N2O2-. The first-order valence-corrected chi connectivity index (χ1v) is 3.55. The fourth-order valence-corrected chi connectivity index (χ4v) is 1.36. The highest BCUT2D eigenvalue weighted by atomic mass is 16.4. The number of nitrogens with zero attached hydrogens (tertiary/aromatic N) is 2. The predicted molar refractivity (Wildman–Crippen MR) is 34.9 cm³/mol. The second-order valence-corrected chi connectivity index (χ2v) is 2.64. The molecule has 1 aromatic rings. The average molecular weight is 151 g/mol. The first-order chi connectivity index (χ1) is 5.27. The Labute approximate surface area is 63.4 Å². The van der Waals surface area contributed by atoms with Crippen molar-refractivity contribution in [3.8, 4) is 0 Å². The molecule has 1 aromatic heterocycles. The van der Waals surface area contributed by atoms with Crippen LogP contribution >= 0.6 is 0 Å². The predicted octanol–water partition coefficient (Wildman–Crippen LogP) is -0.807. The van der Waals surface area contributed by atoms with Gasteiger partial charge in [0.25, 0.3) is 0 Å². The Morgan fingerprint density at radius 2 is 2.55 bits per heavy atom. The summed E-state index contributed by atoms with van der Waals surface area (Å²) in [5.74, 6) is -1.19. The van der Waals surface area contributed by atoms with Crippen molar-refractivity contribution in [1.82, 2.24) is 9.78 Å². The number of rotatable bonds is 1. The van der Waals surface area contributed by atoms with E-state index in [4.69, 9.17) is 0 Å². The zero-order valence-corrected chi connectivity index (χ0v) is 5.91. The van der Waals surface area contributed by atoms with Crippen molar-refractivity contribution in [1.29, 1.82) is 0 Å². The molecule has 0 saturated carbocycles. The van der Waals surface area contributed by atoms with E-state index in [-0.39, 0.29) is 5.69 Å². The number of aromatic nitrogens is 2. The molecule has 0 fully saturated rings. The van der Waals surface area contributed by atoms with Crippen molar-refractivity contribution in [2.45, 2.75) is 19.4 Å². The minimum atomic E-state index is -1.19. The summed E-state index contributed by atoms with van der Waals surface area (Å²) in [6.45, 7) is 0.836. The molecule has 4 heteroatoms. The molecule has 0 amide bonds. The Hall–Kier alpha value is -1.32. The largest absolute Gasteiger partial charge is 0.543 e. The lowest BCUT2D eigenvalue weighted by Gasteiger charge is -1.94. The van der Waals surface area contributed by atoms with Crippen LogP contribution in [0.25, 0.3) is 0 Å². The summed E-state index contributed by atoms with van der Waals surface area (Å²) in [6.07, 6.45) is 2.00. The zero-order valence-electron chi connectivity index (χ0n) is 5.91. The molecule has 0 aliphatic carbocycles. The molecule has 0 bridgehead atoms. The summed E-state index contributed by atoms with van der Waals surface area (Å²) >= 11 is 0. The number of aromatic carboxylic acids is 1. The van der Waals surface area contributed by atoms with Gasteiger partial charge in [0.15, 0.2) is 0 Å². The molecule has 4 nitrogen and oxygen atoms in total. The molecule has 0 atom stereocenters. The van der Waals surface area contributed by atoms with Crippen LogP contribution in [0, 0.1) is 0 Å². The van der Waals surface area contributed by atoms with Gasteiger partial charge in [-0.3, -0.25) is 4.68 Å². The summed E-state index contributed by atoms with van der Waals surface area (Å²) in [4.78, 5) is 10.3. The Morgan fingerprint density at radius 3 is 3.18 bits per heavy atom. The molecule has 11 heavy (non-hydrogen) atoms. The Bertz CT molecular complexity index is 282. The third-order valence-corrected chi connectivity index (χ3v) is 1.88. The van der Waals surface area contributed by atoms with Crippen LogP contribution in [-0.2, 0) is 13.0 Å². The summed E-state index contributed by atoms with van der Waals surface area (Å²) in [6, 6.07) is 1.59. The lowest BCUT2D eigenvalue weighted by molar-refractivity contribution is -0.255. The fraction of sp³-hybridized carbons (Fsp3) is 0.429. The van der Waals surface area contributed by atoms with Crippen LogP contribution in [0.2, 0.25) is 0 Å². The smallest absolute Gasteiger partial charge is 0.108 e. The van der Waals surface area contributed by atoms with Gasteiger partial charge < -0.3 is 9.90 Å². The Morgan fingerprint density at radius 1 is 1.73 bits per heavy atom. The first-order valence-electron chi connectivity index (χ1n) is 3.55. The van der Waals surface area contributed by atoms with Crippen LogP contribution < -0.4 is 5.11 Å². The molecule has 0 unspecified atom stereocenters. The molecule has 1 aliphatic heterocycles. The van der Waals surface area contributed by atoms with Crippen LogP contribution in [0.15, 0.2) is 6.07 Å². The quantitative estimate of drug-likeness (QED) is 0.527. The number of hydrogen-bond donors (Lipinski definition) is 0. The minimum Gasteiger partial charge on any atom is -0.543 e. The van der Waals surface area contributed by atoms with Gasteiger partial charge >= 0.3 is 0 Å². The van der Waals surface area contributed by atoms with Gasteiger partial charge in [0.2, 0.25) is 0 Å². The average Bonchev–Trinajstić information content (AvgIpc) is 2.40. The highest BCUT2D eigenvalue weighted by Crippen LogP contribution is 2.14. The second kappa shape index (κ2) is 2.08. The number of carbonyl (C=O) groups is 1. The summed E-state index contributed by atoms with van der Waals surface area (Å²) in [5, 5.41) is 14.2. The lowest BCUT2D eigenvalue weighted by atomic mass is 10.3. The van der Waals surface area contributed by atoms with E-state index in [2.05, 4.69) is 5.10 Å². The molecule has 0 spiro atoms. The van der Waals surface area contributed by atoms with Crippen molar-refractivity contribution in [3.63, 3.8) is 0 Å². The molecule has 0 N–H and O–H groups in total. The van der Waals surface area contributed by atoms with Gasteiger partial charge in [0, 0.05) is 12.2 Å². The normalized spacial score (nSPS) is 14.9. The maximum atomic E-state index is 10.3. The van der Waals surface area contributed by atoms with Crippen LogP contribution in [0.5, 0.6) is 0 Å². The number of carboxylic acid groups (broad SMARTS) is 1. The van der Waals surface area contributed by atoms with Gasteiger partial charge in [-0.2, -0.15) is 5.10 Å². The van der Waals surface area contributed by atoms with Gasteiger partial charge in [-0.1, -0.05) is 0 Å². The maximum Gasteiger partial charge on any atom is 0.108 e. The third kappa shape index (κ3) is 0.906. The standard InChI is InChI=1S/C7H8N2O2/c10-7(11)6-4-5-2-1-3-9(5)8-6/h4H,1-3H2,(H,10,11)/p-1. The van der Waals surface area contributed by atoms with Gasteiger partial charge in [-0.05, 0) is 18.9 Å². The van der Waals surface area contributed by atoms with Crippen molar-refractivity contribution in [2.24, 2.45) is 0 Å². The third-order valence-electron chi connectivity index (χ3n) is 1.88. The molecule has 2 rings (SSSR count). The summed E-state index contributed by atoms with van der Waals surface area (Å²) < 4.78 is 1.73. The van der Waals surface area contributed by atoms with Crippen LogP contribution in [0.3, 0.4) is 0 Å².